The Balaban J connectivity index is 0.976. The van der Waals surface area contributed by atoms with Gasteiger partial charge in [-0.2, -0.15) is 0 Å². The van der Waals surface area contributed by atoms with Crippen LogP contribution < -0.4 is 4.90 Å². The van der Waals surface area contributed by atoms with Crippen LogP contribution in [0.2, 0.25) is 0 Å². The van der Waals surface area contributed by atoms with E-state index in [0.717, 1.165) is 17.1 Å². The van der Waals surface area contributed by atoms with Crippen LogP contribution in [-0.4, -0.2) is 0 Å². The summed E-state index contributed by atoms with van der Waals surface area (Å²) in [6.45, 7) is 4.72. The molecule has 3 aliphatic rings. The topological polar surface area (TPSA) is 3.24 Å². The van der Waals surface area contributed by atoms with E-state index in [4.69, 9.17) is 0 Å². The molecule has 1 nitrogen and oxygen atoms in total. The monoisotopic (exact) mass is 917 g/mol. The van der Waals surface area contributed by atoms with Gasteiger partial charge in [-0.1, -0.05) is 250 Å². The van der Waals surface area contributed by atoms with Crippen LogP contribution in [0.5, 0.6) is 0 Å². The second-order valence-electron chi connectivity index (χ2n) is 20.3. The summed E-state index contributed by atoms with van der Waals surface area (Å²) in [6.07, 6.45) is 0. The van der Waals surface area contributed by atoms with E-state index in [9.17, 15) is 0 Å². The van der Waals surface area contributed by atoms with Crippen molar-refractivity contribution in [3.8, 4) is 44.5 Å². The first kappa shape index (κ1) is 42.1. The number of rotatable bonds is 8. The summed E-state index contributed by atoms with van der Waals surface area (Å²) in [5, 5.41) is 0. The Morgan fingerprint density at radius 2 is 0.639 bits per heavy atom. The van der Waals surface area contributed by atoms with Crippen molar-refractivity contribution >= 4 is 17.1 Å². The number of hydrogen-bond donors (Lipinski definition) is 0. The zero-order chi connectivity index (χ0) is 48.0. The van der Waals surface area contributed by atoms with E-state index >= 15 is 0 Å². The largest absolute Gasteiger partial charge is 0.310 e. The molecule has 0 saturated heterocycles. The molecule has 0 bridgehead atoms. The molecule has 72 heavy (non-hydrogen) atoms. The minimum absolute atomic E-state index is 0.0781. The van der Waals surface area contributed by atoms with Gasteiger partial charge in [-0.25, -0.2) is 0 Å². The third-order valence-electron chi connectivity index (χ3n) is 16.5. The van der Waals surface area contributed by atoms with Crippen molar-refractivity contribution in [2.45, 2.75) is 30.1 Å². The maximum absolute atomic E-state index is 2.50. The molecule has 0 radical (unpaired) electrons. The summed E-state index contributed by atoms with van der Waals surface area (Å²) in [5.74, 6) is 0. The molecule has 11 aromatic carbocycles. The molecule has 0 heterocycles. The van der Waals surface area contributed by atoms with Crippen LogP contribution in [0.15, 0.2) is 273 Å². The van der Waals surface area contributed by atoms with Gasteiger partial charge in [0.1, 0.15) is 0 Å². The maximum Gasteiger partial charge on any atom is 0.0714 e. The number of nitrogens with zero attached hydrogens (tertiary/aromatic N) is 1. The Morgan fingerprint density at radius 1 is 0.264 bits per heavy atom. The zero-order valence-electron chi connectivity index (χ0n) is 40.4. The van der Waals surface area contributed by atoms with Crippen molar-refractivity contribution in [2.24, 2.45) is 0 Å². The van der Waals surface area contributed by atoms with Crippen molar-refractivity contribution in [1.82, 2.24) is 0 Å². The van der Waals surface area contributed by atoms with Crippen LogP contribution in [0.3, 0.4) is 0 Å². The predicted molar refractivity (Wildman–Crippen MR) is 299 cm³/mol. The first-order chi connectivity index (χ1) is 35.5. The molecule has 0 fully saturated rings. The van der Waals surface area contributed by atoms with Crippen LogP contribution in [0.4, 0.5) is 17.1 Å². The van der Waals surface area contributed by atoms with E-state index in [1.807, 2.05) is 0 Å². The summed E-state index contributed by atoms with van der Waals surface area (Å²) in [4.78, 5) is 2.50. The average molecular weight is 918 g/mol. The van der Waals surface area contributed by atoms with Crippen LogP contribution in [0.25, 0.3) is 44.5 Å². The SMILES string of the molecule is CC1(C)c2ccccc2-c2ccc(-c3ccc(N(c4ccc(C5(c6ccccc6)c6ccccc6-c6ccccc65)cc4)c4cccc5c4-c4ccccc4C5(c4ccccc4)c4ccccc4)cc3)cc21. The smallest absolute Gasteiger partial charge is 0.0714 e. The summed E-state index contributed by atoms with van der Waals surface area (Å²) >= 11 is 0. The molecule has 0 spiro atoms. The lowest BCUT2D eigenvalue weighted by molar-refractivity contribution is 0.660. The minimum Gasteiger partial charge on any atom is -0.310 e. The van der Waals surface area contributed by atoms with Gasteiger partial charge in [0.15, 0.2) is 0 Å². The molecule has 0 unspecified atom stereocenters. The highest BCUT2D eigenvalue weighted by molar-refractivity contribution is 5.98. The van der Waals surface area contributed by atoms with E-state index in [1.165, 1.54) is 100 Å². The lowest BCUT2D eigenvalue weighted by Gasteiger charge is -2.35. The van der Waals surface area contributed by atoms with Crippen molar-refractivity contribution in [3.63, 3.8) is 0 Å². The molecule has 0 aliphatic heterocycles. The molecule has 0 N–H and O–H groups in total. The van der Waals surface area contributed by atoms with Crippen molar-refractivity contribution < 1.29 is 0 Å². The lowest BCUT2D eigenvalue weighted by atomic mass is 9.67. The van der Waals surface area contributed by atoms with Gasteiger partial charge in [-0.15, -0.1) is 0 Å². The second kappa shape index (κ2) is 16.1. The first-order valence-corrected chi connectivity index (χ1v) is 25.3. The van der Waals surface area contributed by atoms with Crippen LogP contribution >= 0.6 is 0 Å². The average Bonchev–Trinajstić information content (AvgIpc) is 4.02. The Kier molecular flexibility index (Phi) is 9.44. The van der Waals surface area contributed by atoms with Crippen molar-refractivity contribution in [1.29, 1.82) is 0 Å². The fourth-order valence-electron chi connectivity index (χ4n) is 13.3. The third kappa shape index (κ3) is 5.89. The molecule has 340 valence electrons. The van der Waals surface area contributed by atoms with E-state index in [0.29, 0.717) is 0 Å². The van der Waals surface area contributed by atoms with Crippen LogP contribution in [0.1, 0.15) is 69.5 Å². The van der Waals surface area contributed by atoms with E-state index in [1.54, 1.807) is 0 Å². The Hall–Kier alpha value is -8.78. The van der Waals surface area contributed by atoms with Crippen molar-refractivity contribution in [2.75, 3.05) is 4.90 Å². The highest BCUT2D eigenvalue weighted by Crippen LogP contribution is 2.61. The molecule has 14 rings (SSSR count). The Morgan fingerprint density at radius 3 is 1.18 bits per heavy atom. The first-order valence-electron chi connectivity index (χ1n) is 25.3. The zero-order valence-corrected chi connectivity index (χ0v) is 40.4. The summed E-state index contributed by atoms with van der Waals surface area (Å²) in [6, 6.07) is 102. The van der Waals surface area contributed by atoms with Crippen LogP contribution in [-0.2, 0) is 16.2 Å². The van der Waals surface area contributed by atoms with Gasteiger partial charge in [0.2, 0.25) is 0 Å². The predicted octanol–water partition coefficient (Wildman–Crippen LogP) is 17.9. The second-order valence-corrected chi connectivity index (χ2v) is 20.3. The molecule has 0 amide bonds. The number of fused-ring (bicyclic) bond motifs is 9. The molecule has 0 aromatic heterocycles. The molecule has 1 heteroatoms. The molecular formula is C71H51N. The Bertz CT molecular complexity index is 3780. The third-order valence-corrected chi connectivity index (χ3v) is 16.5. The van der Waals surface area contributed by atoms with Gasteiger partial charge in [0.05, 0.1) is 16.5 Å². The molecule has 11 aromatic rings. The summed E-state index contributed by atoms with van der Waals surface area (Å²) in [7, 11) is 0. The fourth-order valence-corrected chi connectivity index (χ4v) is 13.3. The van der Waals surface area contributed by atoms with Gasteiger partial charge in [-0.3, -0.25) is 0 Å². The lowest BCUT2D eigenvalue weighted by Crippen LogP contribution is -2.28. The number of hydrogen-bond acceptors (Lipinski definition) is 1. The maximum atomic E-state index is 2.50. The van der Waals surface area contributed by atoms with E-state index in [-0.39, 0.29) is 5.41 Å². The normalized spacial score (nSPS) is 14.6. The molecule has 3 aliphatic carbocycles. The molecule has 0 saturated carbocycles. The van der Waals surface area contributed by atoms with E-state index < -0.39 is 10.8 Å². The van der Waals surface area contributed by atoms with Gasteiger partial charge >= 0.3 is 0 Å². The summed E-state index contributed by atoms with van der Waals surface area (Å²) in [5.41, 5.74) is 25.4. The quantitative estimate of drug-likeness (QED) is 0.147. The highest BCUT2D eigenvalue weighted by atomic mass is 15.1. The standard InChI is InChI=1S/C71H51N/c1-69(2)61-31-16-12-27-56(61)59-46-39-49(47-66(59)69)48-37-42-54(43-38-48)72(55-44-40-53(41-45-55)70(50-21-6-3-7-22-50)62-32-17-13-28-57(62)58-29-14-18-33-63(58)70)67-36-20-35-65-68(67)60-30-15-19-34-64(60)71(65,51-23-8-4-9-24-51)52-25-10-5-11-26-52/h3-47H,1-2H3. The van der Waals surface area contributed by atoms with Gasteiger partial charge in [0.25, 0.3) is 0 Å². The number of anilines is 3. The highest BCUT2D eigenvalue weighted by Gasteiger charge is 2.48. The van der Waals surface area contributed by atoms with E-state index in [2.05, 4.69) is 292 Å². The van der Waals surface area contributed by atoms with Gasteiger partial charge in [-0.05, 0) is 131 Å². The van der Waals surface area contributed by atoms with Crippen LogP contribution in [0, 0.1) is 0 Å². The van der Waals surface area contributed by atoms with Crippen molar-refractivity contribution in [3.05, 3.63) is 329 Å². The molecular weight excluding hydrogens is 867 g/mol. The fraction of sp³-hybridized carbons (Fsp3) is 0.0704. The minimum atomic E-state index is -0.532. The Labute approximate surface area is 423 Å². The summed E-state index contributed by atoms with van der Waals surface area (Å²) < 4.78 is 0. The van der Waals surface area contributed by atoms with Gasteiger partial charge < -0.3 is 4.90 Å². The number of benzene rings is 11. The molecule has 0 atom stereocenters. The van der Waals surface area contributed by atoms with Gasteiger partial charge in [0, 0.05) is 22.4 Å².